The van der Waals surface area contributed by atoms with Gasteiger partial charge in [-0.1, -0.05) is 165 Å². The van der Waals surface area contributed by atoms with E-state index < -0.39 is 0 Å². The smallest absolute Gasteiger partial charge is 0.297 e. The zero-order valence-electron chi connectivity index (χ0n) is 49.3. The van der Waals surface area contributed by atoms with E-state index in [-0.39, 0.29) is 39.2 Å². The Balaban J connectivity index is 1.17. The Hall–Kier alpha value is -6.46. The average molecular weight is 1030 g/mol. The molecule has 0 N–H and O–H groups in total. The van der Waals surface area contributed by atoms with Crippen LogP contribution in [0.4, 0.5) is 34.1 Å². The first kappa shape index (κ1) is 49.8. The highest BCUT2D eigenvalue weighted by molar-refractivity contribution is 7.00. The molecule has 0 radical (unpaired) electrons. The summed E-state index contributed by atoms with van der Waals surface area (Å²) in [7, 11) is 0. The van der Waals surface area contributed by atoms with E-state index >= 15 is 0 Å². The second-order valence-electron chi connectivity index (χ2n) is 29.3. The van der Waals surface area contributed by atoms with Crippen molar-refractivity contribution in [1.29, 1.82) is 0 Å². The first-order chi connectivity index (χ1) is 36.8. The van der Waals surface area contributed by atoms with Gasteiger partial charge in [0.1, 0.15) is 5.58 Å². The van der Waals surface area contributed by atoms with Gasteiger partial charge in [0.2, 0.25) is 0 Å². The molecule has 2 aromatic heterocycles. The molecule has 0 fully saturated rings. The van der Waals surface area contributed by atoms with Crippen molar-refractivity contribution in [2.75, 3.05) is 9.80 Å². The third-order valence-electron chi connectivity index (χ3n) is 21.1. The molecule has 396 valence electrons. The summed E-state index contributed by atoms with van der Waals surface area (Å²) in [5, 5.41) is 3.70. The van der Waals surface area contributed by atoms with Crippen molar-refractivity contribution in [2.24, 2.45) is 5.41 Å². The van der Waals surface area contributed by atoms with Crippen LogP contribution in [0.1, 0.15) is 193 Å². The van der Waals surface area contributed by atoms with Crippen LogP contribution in [0, 0.1) is 5.41 Å². The Labute approximate surface area is 465 Å². The van der Waals surface area contributed by atoms with Crippen molar-refractivity contribution in [3.05, 3.63) is 166 Å². The standard InChI is InChI=1S/C73H80BN3O/c1-43-30-31-70(8,9)54-27-25-46(37-51(43)54)77-63-40-48(76-59-22-18-16-20-49(59)50-21-17-19-23-60(50)76)39-62-65(63)74(67-66(77)53-36-45(68(3,4)5)24-29-64(53)78-67)58-41-52-44(2)69(6,7)32-33-72(12,13)56(52)42-61(58)75(62)47-26-28-55-57(38-47)73(14,15)35-34-71(55,10)11/h16-29,36-44H,30-35H2,1-15H3/t43?,44-/m1/s1. The summed E-state index contributed by atoms with van der Waals surface area (Å²) < 4.78 is 10.2. The van der Waals surface area contributed by atoms with Crippen LogP contribution in [-0.4, -0.2) is 11.3 Å². The normalized spacial score (nSPS) is 21.1. The molecule has 3 aliphatic carbocycles. The van der Waals surface area contributed by atoms with Gasteiger partial charge >= 0.3 is 0 Å². The van der Waals surface area contributed by atoms with Crippen molar-refractivity contribution in [3.8, 4) is 5.69 Å². The van der Waals surface area contributed by atoms with Crippen molar-refractivity contribution in [1.82, 2.24) is 4.57 Å². The van der Waals surface area contributed by atoms with Gasteiger partial charge in [-0.2, -0.15) is 0 Å². The summed E-state index contributed by atoms with van der Waals surface area (Å²) in [4.78, 5) is 5.38. The SMILES string of the molecule is CC1CCC(C)(C)c2ccc(N3c4cc(-n5c6ccccc6c6ccccc65)cc5c4B(c4cc6c(cc4N5c4ccc5c(c4)C(C)(C)CCC5(C)C)C(C)(C)CCC(C)(C)[C@@H]6C)c4oc5ccc(C(C)(C)C)cc5c43)cc21. The summed E-state index contributed by atoms with van der Waals surface area (Å²) in [5.74, 6) is 0.799. The Morgan fingerprint density at radius 2 is 1.09 bits per heavy atom. The minimum Gasteiger partial charge on any atom is -0.468 e. The second kappa shape index (κ2) is 16.3. The third kappa shape index (κ3) is 7.10. The first-order valence-electron chi connectivity index (χ1n) is 29.7. The maximum atomic E-state index is 7.68. The van der Waals surface area contributed by atoms with Gasteiger partial charge < -0.3 is 18.8 Å². The topological polar surface area (TPSA) is 24.6 Å². The molecule has 0 saturated carbocycles. The second-order valence-corrected chi connectivity index (χ2v) is 29.3. The molecule has 1 unspecified atom stereocenters. The summed E-state index contributed by atoms with van der Waals surface area (Å²) in [5.41, 5.74) is 25.9. The van der Waals surface area contributed by atoms with Gasteiger partial charge in [-0.15, -0.1) is 0 Å². The number of nitrogens with zero attached hydrogens (tertiary/aromatic N) is 3. The highest BCUT2D eigenvalue weighted by Crippen LogP contribution is 2.56. The average Bonchev–Trinajstić information content (AvgIpc) is 3.41. The number of furan rings is 1. The largest absolute Gasteiger partial charge is 0.468 e. The molecule has 0 spiro atoms. The third-order valence-corrected chi connectivity index (χ3v) is 21.1. The molecule has 0 saturated heterocycles. The van der Waals surface area contributed by atoms with E-state index in [1.807, 2.05) is 0 Å². The molecular weight excluding hydrogens is 946 g/mol. The molecule has 5 heteroatoms. The molecule has 4 heterocycles. The van der Waals surface area contributed by atoms with E-state index in [2.05, 4.69) is 246 Å². The summed E-state index contributed by atoms with van der Waals surface area (Å²) >= 11 is 0. The summed E-state index contributed by atoms with van der Waals surface area (Å²) in [6, 6.07) is 50.7. The van der Waals surface area contributed by atoms with Crippen LogP contribution >= 0.6 is 0 Å². The predicted octanol–water partition coefficient (Wildman–Crippen LogP) is 18.6. The van der Waals surface area contributed by atoms with Crippen LogP contribution in [0.3, 0.4) is 0 Å². The molecule has 4 nitrogen and oxygen atoms in total. The van der Waals surface area contributed by atoms with E-state index in [4.69, 9.17) is 4.42 Å². The van der Waals surface area contributed by atoms with E-state index in [9.17, 15) is 0 Å². The molecule has 14 rings (SSSR count). The minimum atomic E-state index is -0.180. The van der Waals surface area contributed by atoms with Crippen LogP contribution in [0.5, 0.6) is 0 Å². The van der Waals surface area contributed by atoms with Crippen LogP contribution in [0.25, 0.3) is 38.5 Å². The fourth-order valence-corrected chi connectivity index (χ4v) is 15.5. The van der Waals surface area contributed by atoms with Gasteiger partial charge in [-0.3, -0.25) is 0 Å². The van der Waals surface area contributed by atoms with Gasteiger partial charge in [0.25, 0.3) is 6.71 Å². The lowest BCUT2D eigenvalue weighted by Gasteiger charge is -2.45. The lowest BCUT2D eigenvalue weighted by molar-refractivity contribution is 0.261. The number of aromatic nitrogens is 1. The van der Waals surface area contributed by atoms with Crippen LogP contribution in [0.15, 0.2) is 132 Å². The van der Waals surface area contributed by atoms with E-state index in [1.54, 1.807) is 0 Å². The molecule has 9 aromatic rings. The molecule has 7 aromatic carbocycles. The zero-order chi connectivity index (χ0) is 54.5. The molecule has 2 aliphatic heterocycles. The van der Waals surface area contributed by atoms with Gasteiger partial charge in [0, 0.05) is 44.6 Å². The minimum absolute atomic E-state index is 0.0209. The monoisotopic (exact) mass is 1030 g/mol. The molecular formula is C73H80BN3O. The van der Waals surface area contributed by atoms with Crippen LogP contribution < -0.4 is 26.4 Å². The number of rotatable bonds is 3. The maximum absolute atomic E-state index is 7.68. The van der Waals surface area contributed by atoms with Crippen molar-refractivity contribution < 1.29 is 4.42 Å². The molecule has 0 bridgehead atoms. The highest BCUT2D eigenvalue weighted by Gasteiger charge is 2.50. The molecule has 5 aliphatic rings. The Morgan fingerprint density at radius 1 is 0.500 bits per heavy atom. The number of hydrogen-bond acceptors (Lipinski definition) is 3. The Kier molecular flexibility index (Phi) is 10.4. The zero-order valence-corrected chi connectivity index (χ0v) is 49.3. The van der Waals surface area contributed by atoms with Gasteiger partial charge in [-0.25, -0.2) is 0 Å². The fourth-order valence-electron chi connectivity index (χ4n) is 15.5. The van der Waals surface area contributed by atoms with Gasteiger partial charge in [0.05, 0.1) is 28.1 Å². The number of benzene rings is 7. The lowest BCUT2D eigenvalue weighted by atomic mass is 9.35. The van der Waals surface area contributed by atoms with Crippen molar-refractivity contribution in [2.45, 2.75) is 181 Å². The fraction of sp³-hybridized carbons (Fsp3) is 0.397. The number of fused-ring (bicyclic) bond motifs is 12. The number of para-hydroxylation sites is 2. The van der Waals surface area contributed by atoms with Gasteiger partial charge in [0.15, 0.2) is 0 Å². The first-order valence-corrected chi connectivity index (χ1v) is 29.7. The van der Waals surface area contributed by atoms with Gasteiger partial charge in [-0.05, 0) is 199 Å². The summed E-state index contributed by atoms with van der Waals surface area (Å²) in [6.07, 6.45) is 7.00. The van der Waals surface area contributed by atoms with Crippen LogP contribution in [0.2, 0.25) is 0 Å². The van der Waals surface area contributed by atoms with Crippen molar-refractivity contribution in [3.63, 3.8) is 0 Å². The predicted molar refractivity (Wildman–Crippen MR) is 334 cm³/mol. The maximum Gasteiger partial charge on any atom is 0.297 e. The number of hydrogen-bond donors (Lipinski definition) is 0. The Morgan fingerprint density at radius 3 is 1.77 bits per heavy atom. The van der Waals surface area contributed by atoms with Crippen molar-refractivity contribution >= 4 is 90.2 Å². The molecule has 2 atom stereocenters. The van der Waals surface area contributed by atoms with E-state index in [1.165, 1.54) is 137 Å². The molecule has 0 amide bonds. The molecule has 78 heavy (non-hydrogen) atoms. The van der Waals surface area contributed by atoms with E-state index in [0.29, 0.717) is 11.8 Å². The Bertz CT molecular complexity index is 3960. The summed E-state index contributed by atoms with van der Waals surface area (Å²) in [6.45, 7) is 36.6. The lowest BCUT2D eigenvalue weighted by Crippen LogP contribution is -2.61. The number of anilines is 6. The van der Waals surface area contributed by atoms with Crippen LogP contribution in [-0.2, 0) is 27.1 Å². The van der Waals surface area contributed by atoms with E-state index in [0.717, 1.165) is 29.8 Å². The highest BCUT2D eigenvalue weighted by atomic mass is 16.3. The quantitative estimate of drug-likeness (QED) is 0.130.